The highest BCUT2D eigenvalue weighted by Crippen LogP contribution is 2.36. The van der Waals surface area contributed by atoms with Gasteiger partial charge in [0.25, 0.3) is 10.1 Å². The summed E-state index contributed by atoms with van der Waals surface area (Å²) in [4.78, 5) is 44.2. The van der Waals surface area contributed by atoms with Gasteiger partial charge in [0.05, 0.1) is 41.2 Å². The predicted molar refractivity (Wildman–Crippen MR) is 260 cm³/mol. The van der Waals surface area contributed by atoms with E-state index in [1.807, 2.05) is 62.5 Å². The van der Waals surface area contributed by atoms with E-state index in [0.29, 0.717) is 65.6 Å². The summed E-state index contributed by atoms with van der Waals surface area (Å²) in [6.07, 6.45) is 6.11. The Morgan fingerprint density at radius 1 is 0.957 bits per heavy atom. The van der Waals surface area contributed by atoms with Crippen LogP contribution < -0.4 is 30.6 Å². The number of thiol groups is 1. The highest BCUT2D eigenvalue weighted by Gasteiger charge is 2.23. The van der Waals surface area contributed by atoms with Crippen molar-refractivity contribution in [3.63, 3.8) is 0 Å². The Morgan fingerprint density at radius 3 is 2.41 bits per heavy atom. The third-order valence-electron chi connectivity index (χ3n) is 11.4. The van der Waals surface area contributed by atoms with Gasteiger partial charge < -0.3 is 40.3 Å². The summed E-state index contributed by atoms with van der Waals surface area (Å²) in [6, 6.07) is 16.8. The fraction of sp³-hybridized carbons (Fsp3) is 0.383. The molecule has 5 aromatic rings. The van der Waals surface area contributed by atoms with Crippen LogP contribution in [-0.4, -0.2) is 124 Å². The van der Waals surface area contributed by atoms with E-state index in [1.165, 1.54) is 6.20 Å². The van der Waals surface area contributed by atoms with Crippen molar-refractivity contribution in [1.82, 2.24) is 40.4 Å². The number of nitrogens with zero attached hydrogens (tertiary/aromatic N) is 7. The molecule has 366 valence electrons. The molecule has 0 bridgehead atoms. The largest absolute Gasteiger partial charge is 0.488 e. The molecule has 2 unspecified atom stereocenters. The number of hydrogen-bond donors (Lipinski definition) is 5. The molecule has 2 atom stereocenters. The second kappa shape index (κ2) is 24.9. The van der Waals surface area contributed by atoms with Gasteiger partial charge in [0, 0.05) is 81.2 Å². The summed E-state index contributed by atoms with van der Waals surface area (Å²) in [5.41, 5.74) is 12.6. The fourth-order valence-electron chi connectivity index (χ4n) is 7.54. The van der Waals surface area contributed by atoms with Crippen molar-refractivity contribution in [3.05, 3.63) is 117 Å². The van der Waals surface area contributed by atoms with Gasteiger partial charge in [-0.3, -0.25) is 28.7 Å². The number of nitriles is 1. The lowest BCUT2D eigenvalue weighted by Crippen LogP contribution is -2.52. The molecule has 1 fully saturated rings. The summed E-state index contributed by atoms with van der Waals surface area (Å²) in [5, 5.41) is 23.6. The molecular formula is C47H55ClN10O9S2. The van der Waals surface area contributed by atoms with Crippen molar-refractivity contribution < 1.29 is 41.6 Å². The number of aryl methyl sites for hydroxylation is 1. The van der Waals surface area contributed by atoms with Crippen LogP contribution in [0.3, 0.4) is 0 Å². The Bertz CT molecular complexity index is 2750. The van der Waals surface area contributed by atoms with Gasteiger partial charge in [-0.15, -0.1) is 5.10 Å². The maximum absolute atomic E-state index is 12.6. The lowest BCUT2D eigenvalue weighted by Gasteiger charge is -2.34. The number of aldehydes is 1. The van der Waals surface area contributed by atoms with Crippen LogP contribution in [0.25, 0.3) is 11.1 Å². The van der Waals surface area contributed by atoms with E-state index < -0.39 is 28.0 Å². The van der Waals surface area contributed by atoms with Gasteiger partial charge >= 0.3 is 0 Å². The van der Waals surface area contributed by atoms with Gasteiger partial charge in [0.2, 0.25) is 11.8 Å². The van der Waals surface area contributed by atoms with Crippen molar-refractivity contribution in [2.24, 2.45) is 5.73 Å². The topological polar surface area (TPSA) is 257 Å². The van der Waals surface area contributed by atoms with E-state index in [4.69, 9.17) is 31.5 Å². The molecular weight excluding hydrogens is 948 g/mol. The SMILES string of the molecule is Cc1c(COc2cc(OCc3cncc(C#N)c3)c(CNC(C=O)CS(=O)(=O)O)cc2Cl)cccc1-c1cccc(OCc2cn(CCCN3CCN(C(=O)CNC(=O)C(N)CS)CC3)nn2)c1C. The Balaban J connectivity index is 1.04. The molecule has 0 aliphatic carbocycles. The Labute approximate surface area is 411 Å². The summed E-state index contributed by atoms with van der Waals surface area (Å²) in [5.74, 6) is 0.194. The summed E-state index contributed by atoms with van der Waals surface area (Å²) in [7, 11) is -4.44. The number of carbonyl (C=O) groups excluding carboxylic acids is 3. The zero-order valence-corrected chi connectivity index (χ0v) is 40.7. The molecule has 19 nitrogen and oxygen atoms in total. The van der Waals surface area contributed by atoms with Crippen molar-refractivity contribution >= 4 is 52.4 Å². The molecule has 0 saturated carbocycles. The minimum absolute atomic E-state index is 0.0225. The Hall–Kier alpha value is -6.12. The van der Waals surface area contributed by atoms with Crippen LogP contribution in [0.4, 0.5) is 0 Å². The molecule has 22 heteroatoms. The molecule has 2 aromatic heterocycles. The number of pyridine rings is 1. The molecule has 3 aromatic carbocycles. The lowest BCUT2D eigenvalue weighted by molar-refractivity contribution is -0.134. The third-order valence-corrected chi connectivity index (χ3v) is 12.9. The summed E-state index contributed by atoms with van der Waals surface area (Å²) >= 11 is 10.8. The van der Waals surface area contributed by atoms with Crippen molar-refractivity contribution in [3.8, 4) is 34.4 Å². The first-order valence-electron chi connectivity index (χ1n) is 22.0. The van der Waals surface area contributed by atoms with E-state index >= 15 is 0 Å². The standard InChI is InChI=1S/C47H55ClN10O9S2/c1-31-35(27-66-45-18-44(65-26-34-16-33(19-49)20-51-21-34)36(17-41(45)48)22-52-38(25-59)30-69(62,63)64)6-3-7-39(31)40-8-4-9-43(32(40)2)67-28-37-24-58(55-54-37)11-5-10-56-12-14-57(15-13-56)46(60)23-53-47(61)42(50)29-68/h3-4,6-9,16-18,20-21,24-25,38,42,52,68H,5,10-15,22-23,26-30,50H2,1-2H3,(H,53,61)(H,62,63,64). The lowest BCUT2D eigenvalue weighted by atomic mass is 9.93. The van der Waals surface area contributed by atoms with Crippen molar-refractivity contribution in [2.75, 3.05) is 50.8 Å². The number of piperazine rings is 1. The minimum atomic E-state index is -4.44. The number of hydrogen-bond acceptors (Lipinski definition) is 16. The molecule has 6 rings (SSSR count). The number of halogens is 1. The molecule has 69 heavy (non-hydrogen) atoms. The predicted octanol–water partition coefficient (Wildman–Crippen LogP) is 3.67. The molecule has 2 amide bonds. The average Bonchev–Trinajstić information content (AvgIpc) is 3.80. The maximum atomic E-state index is 12.6. The van der Waals surface area contributed by atoms with Gasteiger partial charge in [0.15, 0.2) is 0 Å². The van der Waals surface area contributed by atoms with Gasteiger partial charge in [0.1, 0.15) is 55.1 Å². The highest BCUT2D eigenvalue weighted by molar-refractivity contribution is 7.85. The highest BCUT2D eigenvalue weighted by atomic mass is 35.5. The monoisotopic (exact) mass is 1000 g/mol. The normalized spacial score (nSPS) is 13.8. The smallest absolute Gasteiger partial charge is 0.266 e. The van der Waals surface area contributed by atoms with Gasteiger partial charge in [-0.25, -0.2) is 0 Å². The second-order valence-corrected chi connectivity index (χ2v) is 18.7. The first kappa shape index (κ1) is 52.3. The van der Waals surface area contributed by atoms with Crippen LogP contribution in [-0.2, 0) is 57.4 Å². The fourth-order valence-corrected chi connectivity index (χ4v) is 8.60. The van der Waals surface area contributed by atoms with E-state index in [9.17, 15) is 32.6 Å². The van der Waals surface area contributed by atoms with Crippen LogP contribution in [0, 0.1) is 25.2 Å². The van der Waals surface area contributed by atoms with Crippen LogP contribution in [0.5, 0.6) is 17.2 Å². The van der Waals surface area contributed by atoms with Crippen LogP contribution in [0.1, 0.15) is 45.5 Å². The summed E-state index contributed by atoms with van der Waals surface area (Å²) in [6.45, 7) is 8.45. The van der Waals surface area contributed by atoms with Crippen molar-refractivity contribution in [1.29, 1.82) is 5.26 Å². The zero-order valence-electron chi connectivity index (χ0n) is 38.2. The number of nitrogens with two attached hydrogens (primary N) is 1. The molecule has 1 saturated heterocycles. The minimum Gasteiger partial charge on any atom is -0.488 e. The van der Waals surface area contributed by atoms with E-state index in [2.05, 4.69) is 43.5 Å². The van der Waals surface area contributed by atoms with Gasteiger partial charge in [-0.2, -0.15) is 26.3 Å². The van der Waals surface area contributed by atoms with Crippen molar-refractivity contribution in [2.45, 2.75) is 65.3 Å². The molecule has 5 N–H and O–H groups in total. The molecule has 1 aliphatic rings. The quantitative estimate of drug-likeness (QED) is 0.0336. The number of aromatic nitrogens is 4. The number of carbonyl (C=O) groups is 3. The zero-order chi connectivity index (χ0) is 49.5. The second-order valence-electron chi connectivity index (χ2n) is 16.4. The Kier molecular flexibility index (Phi) is 18.9. The molecule has 3 heterocycles. The first-order chi connectivity index (χ1) is 33.1. The van der Waals surface area contributed by atoms with Crippen LogP contribution >= 0.6 is 24.2 Å². The van der Waals surface area contributed by atoms with Crippen LogP contribution in [0.2, 0.25) is 5.02 Å². The number of amides is 2. The molecule has 1 aliphatic heterocycles. The van der Waals surface area contributed by atoms with Crippen LogP contribution in [0.15, 0.2) is 73.2 Å². The summed E-state index contributed by atoms with van der Waals surface area (Å²) < 4.78 is 52.7. The van der Waals surface area contributed by atoms with Gasteiger partial charge in [-0.05, 0) is 66.3 Å². The molecule has 0 spiro atoms. The number of benzene rings is 3. The number of rotatable bonds is 24. The molecule has 0 radical (unpaired) electrons. The maximum Gasteiger partial charge on any atom is 0.266 e. The number of ether oxygens (including phenoxy) is 3. The average molecular weight is 1000 g/mol. The Morgan fingerprint density at radius 2 is 1.68 bits per heavy atom. The van der Waals surface area contributed by atoms with E-state index in [0.717, 1.165) is 53.9 Å². The van der Waals surface area contributed by atoms with E-state index in [-0.39, 0.29) is 55.5 Å². The van der Waals surface area contributed by atoms with Gasteiger partial charge in [-0.1, -0.05) is 47.1 Å². The number of nitrogens with one attached hydrogen (secondary N) is 2. The first-order valence-corrected chi connectivity index (χ1v) is 24.7. The van der Waals surface area contributed by atoms with E-state index in [1.54, 1.807) is 34.0 Å². The third kappa shape index (κ3) is 15.2.